The third-order valence-electron chi connectivity index (χ3n) is 4.54. The van der Waals surface area contributed by atoms with E-state index >= 15 is 4.39 Å². The van der Waals surface area contributed by atoms with Crippen LogP contribution in [0.1, 0.15) is 34.1 Å². The molecule has 1 aliphatic heterocycles. The van der Waals surface area contributed by atoms with E-state index in [-0.39, 0.29) is 24.6 Å². The third-order valence-corrected chi connectivity index (χ3v) is 4.54. The molecule has 2 unspecified atom stereocenters. The van der Waals surface area contributed by atoms with Gasteiger partial charge in [0.25, 0.3) is 5.91 Å². The van der Waals surface area contributed by atoms with Gasteiger partial charge >= 0.3 is 0 Å². The van der Waals surface area contributed by atoms with Gasteiger partial charge in [-0.3, -0.25) is 14.2 Å². The molecule has 0 bridgehead atoms. The minimum Gasteiger partial charge on any atom is -0.364 e. The minimum absolute atomic E-state index is 0.0109. The third kappa shape index (κ3) is 2.69. The molecule has 0 aromatic carbocycles. The summed E-state index contributed by atoms with van der Waals surface area (Å²) < 4.78 is 20.6. The average molecular weight is 344 g/mol. The van der Waals surface area contributed by atoms with Crippen LogP contribution in [-0.4, -0.2) is 40.5 Å². The lowest BCUT2D eigenvalue weighted by Gasteiger charge is -2.35. The summed E-state index contributed by atoms with van der Waals surface area (Å²) in [5.74, 6) is -0.758. The number of primary amides is 1. The summed E-state index contributed by atoms with van der Waals surface area (Å²) in [5.41, 5.74) is 4.95. The smallest absolute Gasteiger partial charge is 0.270 e. The number of fused-ring (bicyclic) bond motifs is 1. The fourth-order valence-corrected chi connectivity index (χ4v) is 3.39. The van der Waals surface area contributed by atoms with Gasteiger partial charge in [0.2, 0.25) is 0 Å². The van der Waals surface area contributed by atoms with E-state index in [0.717, 1.165) is 5.56 Å². The highest BCUT2D eigenvalue weighted by molar-refractivity contribution is 5.90. The summed E-state index contributed by atoms with van der Waals surface area (Å²) in [6, 6.07) is 1.67. The van der Waals surface area contributed by atoms with Crippen LogP contribution in [0, 0.1) is 0 Å². The Balaban J connectivity index is 1.67. The van der Waals surface area contributed by atoms with Gasteiger partial charge in [-0.25, -0.2) is 9.07 Å². The maximum absolute atomic E-state index is 15.9. The molecule has 4 heterocycles. The molecule has 130 valence electrons. The number of hydrogen-bond acceptors (Lipinski definition) is 5. The van der Waals surface area contributed by atoms with Crippen LogP contribution in [-0.2, 0) is 25.8 Å². The topological polar surface area (TPSA) is 109 Å². The van der Waals surface area contributed by atoms with Crippen molar-refractivity contribution in [2.45, 2.75) is 31.1 Å². The zero-order chi connectivity index (χ0) is 17.6. The maximum Gasteiger partial charge on any atom is 0.270 e. The van der Waals surface area contributed by atoms with Gasteiger partial charge in [0.05, 0.1) is 24.6 Å². The van der Waals surface area contributed by atoms with Crippen molar-refractivity contribution in [3.8, 4) is 0 Å². The van der Waals surface area contributed by atoms with Gasteiger partial charge in [0, 0.05) is 31.9 Å². The second-order valence-electron chi connectivity index (χ2n) is 6.38. The lowest BCUT2D eigenvalue weighted by atomic mass is 9.83. The first-order valence-electron chi connectivity index (χ1n) is 7.84. The van der Waals surface area contributed by atoms with Gasteiger partial charge in [-0.1, -0.05) is 5.21 Å². The van der Waals surface area contributed by atoms with Crippen molar-refractivity contribution in [1.82, 2.24) is 34.6 Å². The van der Waals surface area contributed by atoms with Crippen LogP contribution >= 0.6 is 0 Å². The Morgan fingerprint density at radius 2 is 2.28 bits per heavy atom. The first kappa shape index (κ1) is 15.5. The van der Waals surface area contributed by atoms with Crippen LogP contribution in [0.2, 0.25) is 0 Å². The van der Waals surface area contributed by atoms with Crippen molar-refractivity contribution in [1.29, 1.82) is 0 Å². The summed E-state index contributed by atoms with van der Waals surface area (Å²) >= 11 is 0. The lowest BCUT2D eigenvalue weighted by Crippen LogP contribution is -2.37. The quantitative estimate of drug-likeness (QED) is 0.735. The molecule has 1 amide bonds. The molecule has 0 aliphatic carbocycles. The molecule has 0 saturated carbocycles. The molecular formula is C15H17FN8O. The second kappa shape index (κ2) is 5.50. The summed E-state index contributed by atoms with van der Waals surface area (Å²) in [7, 11) is 1.83. The lowest BCUT2D eigenvalue weighted by molar-refractivity contribution is 0.0719. The van der Waals surface area contributed by atoms with Crippen LogP contribution in [0.3, 0.4) is 0 Å². The Hall–Kier alpha value is -3.04. The van der Waals surface area contributed by atoms with E-state index < -0.39 is 11.6 Å². The predicted molar refractivity (Wildman–Crippen MR) is 84.1 cm³/mol. The summed E-state index contributed by atoms with van der Waals surface area (Å²) in [4.78, 5) is 11.2. The van der Waals surface area contributed by atoms with Gasteiger partial charge in [-0.2, -0.15) is 10.2 Å². The first-order valence-corrected chi connectivity index (χ1v) is 7.84. The van der Waals surface area contributed by atoms with E-state index in [1.165, 1.54) is 10.9 Å². The summed E-state index contributed by atoms with van der Waals surface area (Å²) in [5, 5.41) is 15.9. The number of carbonyl (C=O) groups is 1. The average Bonchev–Trinajstić information content (AvgIpc) is 3.26. The Kier molecular flexibility index (Phi) is 3.41. The number of aromatic nitrogens is 7. The normalized spacial score (nSPS) is 22.7. The number of alkyl halides is 1. The zero-order valence-corrected chi connectivity index (χ0v) is 13.6. The maximum atomic E-state index is 15.9. The number of amides is 1. The van der Waals surface area contributed by atoms with E-state index in [1.54, 1.807) is 27.8 Å². The van der Waals surface area contributed by atoms with Gasteiger partial charge in [-0.15, -0.1) is 5.10 Å². The molecule has 2 atom stereocenters. The van der Waals surface area contributed by atoms with Crippen molar-refractivity contribution in [3.63, 3.8) is 0 Å². The number of aryl methyl sites for hydroxylation is 1. The largest absolute Gasteiger partial charge is 0.364 e. The summed E-state index contributed by atoms with van der Waals surface area (Å²) in [6.45, 7) is 0.513. The van der Waals surface area contributed by atoms with Crippen LogP contribution in [0.5, 0.6) is 0 Å². The van der Waals surface area contributed by atoms with Crippen LogP contribution < -0.4 is 5.73 Å². The second-order valence-corrected chi connectivity index (χ2v) is 6.38. The zero-order valence-electron chi connectivity index (χ0n) is 13.6. The predicted octanol–water partition coefficient (Wildman–Crippen LogP) is 0.359. The number of halogens is 1. The molecule has 0 spiro atoms. The van der Waals surface area contributed by atoms with Crippen LogP contribution in [0.25, 0.3) is 0 Å². The molecule has 3 aromatic rings. The van der Waals surface area contributed by atoms with Crippen molar-refractivity contribution in [2.75, 3.05) is 0 Å². The molecule has 10 heteroatoms. The molecule has 0 saturated heterocycles. The highest BCUT2D eigenvalue weighted by Crippen LogP contribution is 2.42. The minimum atomic E-state index is -1.70. The number of carbonyl (C=O) groups excluding carboxylic acids is 1. The number of nitrogens with two attached hydrogens (primary N) is 1. The van der Waals surface area contributed by atoms with Crippen LogP contribution in [0.15, 0.2) is 30.9 Å². The van der Waals surface area contributed by atoms with Crippen LogP contribution in [0.4, 0.5) is 4.39 Å². The molecule has 25 heavy (non-hydrogen) atoms. The SMILES string of the molecule is Cn1cc(C2Cn3nccc3C(F)(Cn3cc(C(N)=O)nn3)C2)cn1. The van der Waals surface area contributed by atoms with E-state index in [4.69, 9.17) is 5.73 Å². The highest BCUT2D eigenvalue weighted by atomic mass is 19.1. The number of hydrogen-bond donors (Lipinski definition) is 1. The van der Waals surface area contributed by atoms with Gasteiger partial charge in [-0.05, 0) is 18.1 Å². The first-order chi connectivity index (χ1) is 11.9. The Bertz CT molecular complexity index is 928. The van der Waals surface area contributed by atoms with Gasteiger partial charge in [0.15, 0.2) is 11.4 Å². The Labute approximate surface area is 142 Å². The molecule has 3 aromatic heterocycles. The van der Waals surface area contributed by atoms with Crippen molar-refractivity contribution < 1.29 is 9.18 Å². The molecule has 2 N–H and O–H groups in total. The van der Waals surface area contributed by atoms with E-state index in [0.29, 0.717) is 12.2 Å². The molecule has 1 aliphatic rings. The summed E-state index contributed by atoms with van der Waals surface area (Å²) in [6.07, 6.45) is 6.85. The van der Waals surface area contributed by atoms with E-state index in [1.807, 2.05) is 13.2 Å². The fourth-order valence-electron chi connectivity index (χ4n) is 3.39. The molecule has 9 nitrogen and oxygen atoms in total. The van der Waals surface area contributed by atoms with Gasteiger partial charge in [0.1, 0.15) is 0 Å². The number of rotatable bonds is 4. The van der Waals surface area contributed by atoms with E-state index in [2.05, 4.69) is 20.5 Å². The monoisotopic (exact) mass is 344 g/mol. The van der Waals surface area contributed by atoms with E-state index in [9.17, 15) is 4.79 Å². The number of nitrogens with zero attached hydrogens (tertiary/aromatic N) is 7. The van der Waals surface area contributed by atoms with Crippen molar-refractivity contribution in [3.05, 3.63) is 47.8 Å². The Morgan fingerprint density at radius 1 is 1.44 bits per heavy atom. The molecule has 0 fully saturated rings. The molecule has 4 rings (SSSR count). The van der Waals surface area contributed by atoms with Gasteiger partial charge < -0.3 is 5.73 Å². The highest BCUT2D eigenvalue weighted by Gasteiger charge is 2.43. The molecule has 0 radical (unpaired) electrons. The standard InChI is InChI=1S/C15H17FN8O/c1-22-6-11(5-19-22)10-4-15(16,13-2-3-18-24(13)7-10)9-23-8-12(14(17)25)20-21-23/h2-3,5-6,8,10H,4,7,9H2,1H3,(H2,17,25). The van der Waals surface area contributed by atoms with Crippen molar-refractivity contribution >= 4 is 5.91 Å². The fraction of sp³-hybridized carbons (Fsp3) is 0.400. The Morgan fingerprint density at radius 3 is 2.96 bits per heavy atom. The molecular weight excluding hydrogens is 327 g/mol. The van der Waals surface area contributed by atoms with Crippen molar-refractivity contribution in [2.24, 2.45) is 12.8 Å².